The largest absolute Gasteiger partial charge is 0.508 e. The van der Waals surface area contributed by atoms with Crippen molar-refractivity contribution >= 4 is 23.2 Å². The highest BCUT2D eigenvalue weighted by molar-refractivity contribution is 6.16. The van der Waals surface area contributed by atoms with E-state index in [1.807, 2.05) is 13.8 Å². The minimum absolute atomic E-state index is 0.0319. The number of aliphatic hydroxyl groups excluding tert-OH is 2. The maximum absolute atomic E-state index is 13.8. The molecule has 1 aromatic carbocycles. The minimum atomic E-state index is -2.64. The zero-order valence-electron chi connectivity index (χ0n) is 22.4. The number of amides is 1. The molecule has 0 aromatic heterocycles. The molecule has 1 amide bonds. The third-order valence-electron chi connectivity index (χ3n) is 7.39. The molecule has 208 valence electrons. The summed E-state index contributed by atoms with van der Waals surface area (Å²) in [6, 6.07) is 2.18. The van der Waals surface area contributed by atoms with Crippen molar-refractivity contribution in [1.82, 2.24) is 4.90 Å². The number of hydrogen-bond acceptors (Lipinski definition) is 10. The zero-order chi connectivity index (χ0) is 28.5. The number of phenolic OH excluding ortho intramolecular Hbond substituents is 1. The molecule has 0 unspecified atom stereocenters. The lowest BCUT2D eigenvalue weighted by atomic mass is 9.61. The topological polar surface area (TPSA) is 183 Å². The normalized spacial score (nSPS) is 24.3. The van der Waals surface area contributed by atoms with Gasteiger partial charge in [0.25, 0.3) is 0 Å². The van der Waals surface area contributed by atoms with Crippen molar-refractivity contribution in [2.75, 3.05) is 27.3 Å². The fourth-order valence-electron chi connectivity index (χ4n) is 5.52. The number of aliphatic hydroxyl groups is 3. The van der Waals surface area contributed by atoms with Crippen LogP contribution in [0.2, 0.25) is 0 Å². The number of Topliss-reactive ketones (excluding diaryl/α,β-unsaturated/α-hetero) is 2. The molecule has 2 aliphatic carbocycles. The summed E-state index contributed by atoms with van der Waals surface area (Å²) in [5, 5.41) is 48.0. The van der Waals surface area contributed by atoms with Crippen LogP contribution in [0.5, 0.6) is 5.75 Å². The summed E-state index contributed by atoms with van der Waals surface area (Å²) < 4.78 is 0. The van der Waals surface area contributed by atoms with E-state index in [0.29, 0.717) is 23.4 Å². The second-order valence-corrected chi connectivity index (χ2v) is 10.7. The first kappa shape index (κ1) is 29.3. The van der Waals surface area contributed by atoms with Gasteiger partial charge >= 0.3 is 0 Å². The number of primary amides is 1. The number of nitrogens with two attached hydrogens (primary N) is 1. The van der Waals surface area contributed by atoms with Crippen LogP contribution in [0.25, 0.3) is 0 Å². The second kappa shape index (κ2) is 11.2. The van der Waals surface area contributed by atoms with E-state index >= 15 is 0 Å². The number of carbonyl (C=O) groups excluding carboxylic acids is 3. The number of oxime groups is 1. The van der Waals surface area contributed by atoms with E-state index in [-0.39, 0.29) is 35.6 Å². The lowest BCUT2D eigenvalue weighted by Crippen LogP contribution is -2.60. The Balaban J connectivity index is 2.20. The number of nitrogens with zero attached hydrogens (tertiary/aromatic N) is 2. The Labute approximate surface area is 221 Å². The summed E-state index contributed by atoms with van der Waals surface area (Å²) in [5.74, 6) is -5.48. The van der Waals surface area contributed by atoms with Gasteiger partial charge in [0, 0.05) is 23.1 Å². The number of likely N-dealkylation sites (N-methyl/N-ethyl adjacent to an activating group) is 1. The summed E-state index contributed by atoms with van der Waals surface area (Å²) in [6.45, 7) is 5.61. The molecule has 0 bridgehead atoms. The monoisotopic (exact) mass is 531 g/mol. The summed E-state index contributed by atoms with van der Waals surface area (Å²) in [5.41, 5.74) is 3.88. The highest BCUT2D eigenvalue weighted by Crippen LogP contribution is 2.49. The molecule has 38 heavy (non-hydrogen) atoms. The molecule has 0 heterocycles. The first-order chi connectivity index (χ1) is 17.7. The van der Waals surface area contributed by atoms with Gasteiger partial charge in [-0.3, -0.25) is 14.4 Å². The number of hydrogen-bond donors (Lipinski definition) is 5. The first-order valence-corrected chi connectivity index (χ1v) is 12.6. The predicted molar refractivity (Wildman–Crippen MR) is 139 cm³/mol. The van der Waals surface area contributed by atoms with Crippen molar-refractivity contribution in [3.63, 3.8) is 0 Å². The molecule has 0 radical (unpaired) electrons. The number of allylic oxidation sites excluding steroid dienone is 1. The van der Waals surface area contributed by atoms with E-state index in [0.717, 1.165) is 0 Å². The maximum Gasteiger partial charge on any atom is 0.225 e. The maximum atomic E-state index is 13.8. The standard InChI is InChI=1S/C27H37N3O8/c1-13(2)12-38-29-14(3)16-6-7-20(32)24-17(16)8-15-9-18(19(11-31)30(4)5)27(37,21(33)10-22(28)34)26(36)23(15)25(24)35/h6-7,13,15,18-19,31-32,36-37H,8-12H2,1-5H3,(H2,28,34)/b29-14-/t15-,18-,19+,27+/m0/s1. The van der Waals surface area contributed by atoms with Gasteiger partial charge in [0.2, 0.25) is 5.91 Å². The van der Waals surface area contributed by atoms with Gasteiger partial charge in [0.15, 0.2) is 17.2 Å². The minimum Gasteiger partial charge on any atom is -0.508 e. The zero-order valence-corrected chi connectivity index (χ0v) is 22.4. The fraction of sp³-hybridized carbons (Fsp3) is 0.556. The number of rotatable bonds is 10. The van der Waals surface area contributed by atoms with Crippen molar-refractivity contribution in [3.05, 3.63) is 40.2 Å². The molecule has 0 aliphatic heterocycles. The van der Waals surface area contributed by atoms with Crippen molar-refractivity contribution in [1.29, 1.82) is 0 Å². The fourth-order valence-corrected chi connectivity index (χ4v) is 5.52. The van der Waals surface area contributed by atoms with E-state index < -0.39 is 59.7 Å². The SMILES string of the molecule is C/C(=N/OCC(C)C)c1ccc(O)c2c1C[C@H]1C[C@@H]([C@@H](CO)N(C)C)[C@@](O)(C(=O)CC(N)=O)C(O)=C1C2=O. The van der Waals surface area contributed by atoms with Gasteiger partial charge in [0.05, 0.1) is 24.3 Å². The van der Waals surface area contributed by atoms with Gasteiger partial charge in [-0.1, -0.05) is 19.0 Å². The second-order valence-electron chi connectivity index (χ2n) is 10.7. The molecule has 11 heteroatoms. The van der Waals surface area contributed by atoms with Crippen LogP contribution in [0.15, 0.2) is 28.6 Å². The van der Waals surface area contributed by atoms with Crippen molar-refractivity contribution < 1.29 is 39.6 Å². The van der Waals surface area contributed by atoms with E-state index in [1.165, 1.54) is 6.07 Å². The summed E-state index contributed by atoms with van der Waals surface area (Å²) in [7, 11) is 3.29. The Morgan fingerprint density at radius 1 is 1.26 bits per heavy atom. The quantitative estimate of drug-likeness (QED) is 0.167. The number of ketones is 2. The smallest absolute Gasteiger partial charge is 0.225 e. The molecular formula is C27H37N3O8. The molecule has 2 aliphatic rings. The van der Waals surface area contributed by atoms with Crippen LogP contribution in [-0.4, -0.2) is 87.5 Å². The van der Waals surface area contributed by atoms with Crippen molar-refractivity contribution in [3.8, 4) is 5.75 Å². The van der Waals surface area contributed by atoms with E-state index in [1.54, 1.807) is 32.0 Å². The Morgan fingerprint density at radius 3 is 2.47 bits per heavy atom. The number of benzene rings is 1. The van der Waals surface area contributed by atoms with Crippen LogP contribution < -0.4 is 5.73 Å². The van der Waals surface area contributed by atoms with E-state index in [4.69, 9.17) is 10.6 Å². The average Bonchev–Trinajstić information content (AvgIpc) is 2.81. The Bertz CT molecular complexity index is 1190. The molecule has 6 N–H and O–H groups in total. The predicted octanol–water partition coefficient (Wildman–Crippen LogP) is 1.07. The molecule has 0 fully saturated rings. The molecular weight excluding hydrogens is 494 g/mol. The average molecular weight is 532 g/mol. The van der Waals surface area contributed by atoms with Gasteiger partial charge in [-0.2, -0.15) is 0 Å². The highest BCUT2D eigenvalue weighted by atomic mass is 16.6. The molecule has 1 aromatic rings. The molecule has 0 saturated carbocycles. The number of phenols is 1. The van der Waals surface area contributed by atoms with Crippen molar-refractivity contribution in [2.45, 2.75) is 51.7 Å². The summed E-state index contributed by atoms with van der Waals surface area (Å²) >= 11 is 0. The van der Waals surface area contributed by atoms with Crippen LogP contribution >= 0.6 is 0 Å². The lowest BCUT2D eigenvalue weighted by Gasteiger charge is -2.47. The summed E-state index contributed by atoms with van der Waals surface area (Å²) in [6.07, 6.45) is -0.652. The van der Waals surface area contributed by atoms with Crippen LogP contribution in [-0.2, 0) is 20.8 Å². The van der Waals surface area contributed by atoms with E-state index in [9.17, 15) is 34.8 Å². The number of carbonyl (C=O) groups is 3. The van der Waals surface area contributed by atoms with Gasteiger partial charge in [0.1, 0.15) is 18.1 Å². The third kappa shape index (κ3) is 5.18. The van der Waals surface area contributed by atoms with E-state index in [2.05, 4.69) is 5.16 Å². The summed E-state index contributed by atoms with van der Waals surface area (Å²) in [4.78, 5) is 45.5. The van der Waals surface area contributed by atoms with Gasteiger partial charge < -0.3 is 35.9 Å². The highest BCUT2D eigenvalue weighted by Gasteiger charge is 2.58. The van der Waals surface area contributed by atoms with Crippen LogP contribution in [0.4, 0.5) is 0 Å². The molecule has 0 spiro atoms. The van der Waals surface area contributed by atoms with Crippen molar-refractivity contribution in [2.24, 2.45) is 28.6 Å². The van der Waals surface area contributed by atoms with Gasteiger partial charge in [-0.05, 0) is 63.4 Å². The third-order valence-corrected chi connectivity index (χ3v) is 7.39. The van der Waals surface area contributed by atoms with Gasteiger partial charge in [-0.15, -0.1) is 0 Å². The number of fused-ring (bicyclic) bond motifs is 2. The number of aromatic hydroxyl groups is 1. The Kier molecular flexibility index (Phi) is 8.65. The van der Waals surface area contributed by atoms with Gasteiger partial charge in [-0.25, -0.2) is 0 Å². The first-order valence-electron chi connectivity index (χ1n) is 12.6. The Morgan fingerprint density at radius 2 is 1.92 bits per heavy atom. The van der Waals surface area contributed by atoms with Crippen LogP contribution in [0.1, 0.15) is 55.1 Å². The molecule has 4 atom stereocenters. The molecule has 3 rings (SSSR count). The molecule has 11 nitrogen and oxygen atoms in total. The molecule has 0 saturated heterocycles. The lowest BCUT2D eigenvalue weighted by molar-refractivity contribution is -0.151. The van der Waals surface area contributed by atoms with Crippen LogP contribution in [0.3, 0.4) is 0 Å². The van der Waals surface area contributed by atoms with Crippen LogP contribution in [0, 0.1) is 17.8 Å². The Hall–Kier alpha value is -3.28.